The van der Waals surface area contributed by atoms with E-state index in [1.807, 2.05) is 31.2 Å². The number of hydrogen-bond acceptors (Lipinski definition) is 2. The van der Waals surface area contributed by atoms with Crippen LogP contribution in [0.1, 0.15) is 12.0 Å². The van der Waals surface area contributed by atoms with Gasteiger partial charge in [0, 0.05) is 12.5 Å². The summed E-state index contributed by atoms with van der Waals surface area (Å²) in [5.41, 5.74) is 1.17. The first-order chi connectivity index (χ1) is 9.65. The van der Waals surface area contributed by atoms with Crippen LogP contribution in [0.15, 0.2) is 42.5 Å². The van der Waals surface area contributed by atoms with Crippen molar-refractivity contribution in [2.24, 2.45) is 0 Å². The zero-order valence-electron chi connectivity index (χ0n) is 11.2. The van der Waals surface area contributed by atoms with Crippen molar-refractivity contribution >= 4 is 0 Å². The lowest BCUT2D eigenvalue weighted by atomic mass is 10.2. The molecule has 0 atom stereocenters. The monoisotopic (exact) mass is 278 g/mol. The fourth-order valence-electron chi connectivity index (χ4n) is 1.65. The Balaban J connectivity index is 1.71. The third-order valence-electron chi connectivity index (χ3n) is 2.73. The predicted molar refractivity (Wildman–Crippen MR) is 73.1 cm³/mol. The quantitative estimate of drug-likeness (QED) is 0.740. The summed E-state index contributed by atoms with van der Waals surface area (Å²) < 4.78 is 36.8. The summed E-state index contributed by atoms with van der Waals surface area (Å²) in [4.78, 5) is 0. The van der Waals surface area contributed by atoms with E-state index < -0.39 is 11.6 Å². The third-order valence-corrected chi connectivity index (χ3v) is 2.73. The van der Waals surface area contributed by atoms with Gasteiger partial charge in [0.25, 0.3) is 0 Å². The number of rotatable bonds is 6. The Labute approximate surface area is 117 Å². The normalized spacial score (nSPS) is 10.3. The molecule has 0 radical (unpaired) electrons. The van der Waals surface area contributed by atoms with Gasteiger partial charge in [0.2, 0.25) is 0 Å². The van der Waals surface area contributed by atoms with Gasteiger partial charge >= 0.3 is 0 Å². The molecule has 0 saturated heterocycles. The predicted octanol–water partition coefficient (Wildman–Crippen LogP) is 4.12. The highest BCUT2D eigenvalue weighted by molar-refractivity contribution is 5.26. The molecule has 0 spiro atoms. The van der Waals surface area contributed by atoms with E-state index >= 15 is 0 Å². The van der Waals surface area contributed by atoms with Crippen LogP contribution in [-0.4, -0.2) is 13.2 Å². The number of halogens is 2. The van der Waals surface area contributed by atoms with Crippen LogP contribution in [0.4, 0.5) is 8.78 Å². The van der Waals surface area contributed by atoms with Crippen LogP contribution in [0, 0.1) is 18.6 Å². The van der Waals surface area contributed by atoms with Gasteiger partial charge in [-0.05, 0) is 31.2 Å². The Bertz CT molecular complexity index is 553. The van der Waals surface area contributed by atoms with Crippen LogP contribution in [0.25, 0.3) is 0 Å². The molecule has 2 aromatic rings. The Morgan fingerprint density at radius 2 is 1.60 bits per heavy atom. The first-order valence-electron chi connectivity index (χ1n) is 6.42. The van der Waals surface area contributed by atoms with Crippen molar-refractivity contribution in [2.45, 2.75) is 13.3 Å². The van der Waals surface area contributed by atoms with Crippen LogP contribution >= 0.6 is 0 Å². The average molecular weight is 278 g/mol. The molecule has 106 valence electrons. The topological polar surface area (TPSA) is 18.5 Å². The van der Waals surface area contributed by atoms with E-state index in [1.165, 1.54) is 5.56 Å². The molecule has 0 aromatic heterocycles. The summed E-state index contributed by atoms with van der Waals surface area (Å²) in [7, 11) is 0. The van der Waals surface area contributed by atoms with Crippen LogP contribution in [0.2, 0.25) is 0 Å². The second-order valence-electron chi connectivity index (χ2n) is 4.44. The van der Waals surface area contributed by atoms with Gasteiger partial charge in [-0.2, -0.15) is 0 Å². The maximum Gasteiger partial charge on any atom is 0.165 e. The number of hydrogen-bond donors (Lipinski definition) is 0. The lowest BCUT2D eigenvalue weighted by molar-refractivity contribution is 0.240. The Morgan fingerprint density at radius 1 is 0.900 bits per heavy atom. The number of aryl methyl sites for hydroxylation is 1. The smallest absolute Gasteiger partial charge is 0.165 e. The van der Waals surface area contributed by atoms with Crippen LogP contribution in [0.3, 0.4) is 0 Å². The molecule has 0 heterocycles. The van der Waals surface area contributed by atoms with Gasteiger partial charge in [0.05, 0.1) is 13.2 Å². The van der Waals surface area contributed by atoms with E-state index in [4.69, 9.17) is 9.47 Å². The Kier molecular flexibility index (Phi) is 4.93. The molecule has 2 aromatic carbocycles. The molecular weight excluding hydrogens is 262 g/mol. The van der Waals surface area contributed by atoms with Crippen LogP contribution in [0.5, 0.6) is 11.5 Å². The van der Waals surface area contributed by atoms with Crippen molar-refractivity contribution in [3.05, 3.63) is 59.7 Å². The van der Waals surface area contributed by atoms with Crippen molar-refractivity contribution in [1.29, 1.82) is 0 Å². The molecule has 0 N–H and O–H groups in total. The van der Waals surface area contributed by atoms with E-state index in [1.54, 1.807) is 0 Å². The summed E-state index contributed by atoms with van der Waals surface area (Å²) in [6.07, 6.45) is 0.587. The van der Waals surface area contributed by atoms with Crippen molar-refractivity contribution in [3.63, 3.8) is 0 Å². The van der Waals surface area contributed by atoms with E-state index in [-0.39, 0.29) is 12.4 Å². The molecule has 4 heteroatoms. The minimum atomic E-state index is -0.564. The molecule has 2 nitrogen and oxygen atoms in total. The molecule has 2 rings (SSSR count). The molecule has 20 heavy (non-hydrogen) atoms. The summed E-state index contributed by atoms with van der Waals surface area (Å²) in [5, 5.41) is 0. The lowest BCUT2D eigenvalue weighted by Crippen LogP contribution is -2.06. The zero-order valence-corrected chi connectivity index (χ0v) is 11.2. The van der Waals surface area contributed by atoms with Crippen molar-refractivity contribution in [3.8, 4) is 11.5 Å². The Hall–Kier alpha value is -2.10. The summed E-state index contributed by atoms with van der Waals surface area (Å²) in [6, 6.07) is 10.9. The lowest BCUT2D eigenvalue weighted by Gasteiger charge is -2.09. The standard InChI is InChI=1S/C16H16F2O2/c1-12-3-6-14(7-4-12)19-9-2-10-20-16-11-13(17)5-8-15(16)18/h3-8,11H,2,9-10H2,1H3. The molecule has 0 aliphatic heterocycles. The van der Waals surface area contributed by atoms with Crippen molar-refractivity contribution < 1.29 is 18.3 Å². The zero-order chi connectivity index (χ0) is 14.4. The second kappa shape index (κ2) is 6.89. The summed E-state index contributed by atoms with van der Waals surface area (Å²) in [6.45, 7) is 2.73. The van der Waals surface area contributed by atoms with Crippen molar-refractivity contribution in [1.82, 2.24) is 0 Å². The largest absolute Gasteiger partial charge is 0.493 e. The first kappa shape index (κ1) is 14.3. The molecule has 0 unspecified atom stereocenters. The molecule has 0 saturated carbocycles. The van der Waals surface area contributed by atoms with Gasteiger partial charge in [-0.3, -0.25) is 0 Å². The maximum absolute atomic E-state index is 13.3. The van der Waals surface area contributed by atoms with Crippen molar-refractivity contribution in [2.75, 3.05) is 13.2 Å². The van der Waals surface area contributed by atoms with Gasteiger partial charge < -0.3 is 9.47 Å². The van der Waals surface area contributed by atoms with Gasteiger partial charge in [0.1, 0.15) is 11.6 Å². The van der Waals surface area contributed by atoms with E-state index in [9.17, 15) is 8.78 Å². The Morgan fingerprint density at radius 3 is 2.35 bits per heavy atom. The van der Waals surface area contributed by atoms with Gasteiger partial charge in [-0.25, -0.2) is 8.78 Å². The average Bonchev–Trinajstić information content (AvgIpc) is 2.44. The fraction of sp³-hybridized carbons (Fsp3) is 0.250. The second-order valence-corrected chi connectivity index (χ2v) is 4.44. The number of benzene rings is 2. The third kappa shape index (κ3) is 4.23. The summed E-state index contributed by atoms with van der Waals surface area (Å²) in [5.74, 6) is -0.365. The minimum absolute atomic E-state index is 0.0691. The van der Waals surface area contributed by atoms with Gasteiger partial charge in [-0.1, -0.05) is 17.7 Å². The molecule has 0 fully saturated rings. The number of ether oxygens (including phenoxy) is 2. The van der Waals surface area contributed by atoms with Gasteiger partial charge in [0.15, 0.2) is 11.6 Å². The van der Waals surface area contributed by atoms with E-state index in [0.717, 1.165) is 23.9 Å². The van der Waals surface area contributed by atoms with Crippen LogP contribution in [-0.2, 0) is 0 Å². The first-order valence-corrected chi connectivity index (χ1v) is 6.42. The summed E-state index contributed by atoms with van der Waals surface area (Å²) >= 11 is 0. The molecular formula is C16H16F2O2. The van der Waals surface area contributed by atoms with Crippen LogP contribution < -0.4 is 9.47 Å². The molecule has 0 bridgehead atoms. The highest BCUT2D eigenvalue weighted by atomic mass is 19.1. The SMILES string of the molecule is Cc1ccc(OCCCOc2cc(F)ccc2F)cc1. The van der Waals surface area contributed by atoms with Gasteiger partial charge in [-0.15, -0.1) is 0 Å². The highest BCUT2D eigenvalue weighted by Gasteiger charge is 2.04. The van der Waals surface area contributed by atoms with E-state index in [2.05, 4.69) is 0 Å². The maximum atomic E-state index is 13.3. The molecule has 0 aliphatic carbocycles. The fourth-order valence-corrected chi connectivity index (χ4v) is 1.65. The van der Waals surface area contributed by atoms with E-state index in [0.29, 0.717) is 13.0 Å². The molecule has 0 aliphatic rings. The highest BCUT2D eigenvalue weighted by Crippen LogP contribution is 2.18. The molecule has 0 amide bonds. The minimum Gasteiger partial charge on any atom is -0.493 e.